The van der Waals surface area contributed by atoms with E-state index >= 15 is 0 Å². The van der Waals surface area contributed by atoms with Crippen LogP contribution in [0.15, 0.2) is 24.3 Å². The van der Waals surface area contributed by atoms with Crippen molar-refractivity contribution in [1.29, 1.82) is 0 Å². The summed E-state index contributed by atoms with van der Waals surface area (Å²) in [6, 6.07) is 8.54. The fourth-order valence-electron chi connectivity index (χ4n) is 2.36. The summed E-state index contributed by atoms with van der Waals surface area (Å²) in [7, 11) is 0. The van der Waals surface area contributed by atoms with Gasteiger partial charge in [-0.25, -0.2) is 0 Å². The highest BCUT2D eigenvalue weighted by atomic mass is 35.5. The van der Waals surface area contributed by atoms with Gasteiger partial charge in [0.2, 0.25) is 0 Å². The van der Waals surface area contributed by atoms with Gasteiger partial charge in [-0.05, 0) is 18.2 Å². The van der Waals surface area contributed by atoms with E-state index in [0.29, 0.717) is 0 Å². The van der Waals surface area contributed by atoms with Crippen LogP contribution in [0.1, 0.15) is 4.88 Å². The zero-order chi connectivity index (χ0) is 11.7. The Labute approximate surface area is 117 Å². The van der Waals surface area contributed by atoms with Gasteiger partial charge in [-0.3, -0.25) is 0 Å². The Morgan fingerprint density at radius 3 is 2.78 bits per heavy atom. The number of thiophene rings is 1. The minimum atomic E-state index is 0. The molecule has 0 bridgehead atoms. The largest absolute Gasteiger partial charge is 0.391 e. The van der Waals surface area contributed by atoms with Crippen molar-refractivity contribution in [3.63, 3.8) is 0 Å². The van der Waals surface area contributed by atoms with Crippen LogP contribution >= 0.6 is 23.7 Å². The topological polar surface area (TPSA) is 35.5 Å². The van der Waals surface area contributed by atoms with Crippen LogP contribution in [0.3, 0.4) is 0 Å². The van der Waals surface area contributed by atoms with Gasteiger partial charge in [-0.2, -0.15) is 0 Å². The Morgan fingerprint density at radius 2 is 2.06 bits per heavy atom. The summed E-state index contributed by atoms with van der Waals surface area (Å²) < 4.78 is 1.27. The molecule has 18 heavy (non-hydrogen) atoms. The number of anilines is 1. The molecule has 0 atom stereocenters. The van der Waals surface area contributed by atoms with Crippen LogP contribution in [0.4, 0.5) is 5.69 Å². The summed E-state index contributed by atoms with van der Waals surface area (Å²) in [6.07, 6.45) is 0. The zero-order valence-corrected chi connectivity index (χ0v) is 11.7. The third-order valence-corrected chi connectivity index (χ3v) is 4.29. The van der Waals surface area contributed by atoms with Crippen LogP contribution in [0, 0.1) is 0 Å². The fourth-order valence-corrected chi connectivity index (χ4v) is 3.30. The first-order valence-electron chi connectivity index (χ1n) is 5.96. The monoisotopic (exact) mass is 284 g/mol. The van der Waals surface area contributed by atoms with Gasteiger partial charge in [0, 0.05) is 46.8 Å². The van der Waals surface area contributed by atoms with Crippen LogP contribution in [0.25, 0.3) is 10.1 Å². The molecule has 0 spiro atoms. The Bertz CT molecular complexity index is 523. The molecule has 3 rings (SSSR count). The van der Waals surface area contributed by atoms with Crippen LogP contribution in [-0.4, -0.2) is 31.3 Å². The van der Waals surface area contributed by atoms with Gasteiger partial charge in [-0.1, -0.05) is 6.07 Å². The first-order valence-corrected chi connectivity index (χ1v) is 6.78. The van der Waals surface area contributed by atoms with Crippen molar-refractivity contribution in [3.05, 3.63) is 29.1 Å². The highest BCUT2D eigenvalue weighted by Gasteiger charge is 2.14. The molecule has 2 heterocycles. The van der Waals surface area contributed by atoms with Gasteiger partial charge in [-0.15, -0.1) is 23.7 Å². The van der Waals surface area contributed by atoms with Gasteiger partial charge in [0.1, 0.15) is 0 Å². The minimum absolute atomic E-state index is 0. The first kappa shape index (κ1) is 13.6. The molecule has 2 N–H and O–H groups in total. The van der Waals surface area contributed by atoms with E-state index < -0.39 is 0 Å². The van der Waals surface area contributed by atoms with Crippen LogP contribution in [0.2, 0.25) is 0 Å². The molecule has 2 aromatic rings. The molecule has 1 fully saturated rings. The predicted octanol–water partition coefficient (Wildman–Crippen LogP) is 2.23. The lowest BCUT2D eigenvalue weighted by Crippen LogP contribution is -2.43. The summed E-state index contributed by atoms with van der Waals surface area (Å²) in [4.78, 5) is 3.47. The van der Waals surface area contributed by atoms with E-state index in [1.807, 2.05) is 0 Å². The number of aliphatic hydroxyl groups excluding tert-OH is 1. The van der Waals surface area contributed by atoms with Gasteiger partial charge >= 0.3 is 0 Å². The molecule has 0 unspecified atom stereocenters. The lowest BCUT2D eigenvalue weighted by Gasteiger charge is -2.30. The molecule has 1 aliphatic heterocycles. The van der Waals surface area contributed by atoms with Crippen molar-refractivity contribution in [2.24, 2.45) is 0 Å². The Morgan fingerprint density at radius 1 is 1.28 bits per heavy atom. The van der Waals surface area contributed by atoms with E-state index in [1.165, 1.54) is 15.8 Å². The summed E-state index contributed by atoms with van der Waals surface area (Å²) in [5.74, 6) is 0. The van der Waals surface area contributed by atoms with E-state index in [-0.39, 0.29) is 19.0 Å². The fraction of sp³-hybridized carbons (Fsp3) is 0.385. The molecule has 5 heteroatoms. The number of piperazine rings is 1. The quantitative estimate of drug-likeness (QED) is 0.888. The summed E-state index contributed by atoms with van der Waals surface area (Å²) in [6.45, 7) is 4.36. The molecule has 1 saturated heterocycles. The van der Waals surface area contributed by atoms with E-state index in [2.05, 4.69) is 34.5 Å². The van der Waals surface area contributed by atoms with E-state index in [0.717, 1.165) is 31.1 Å². The van der Waals surface area contributed by atoms with Gasteiger partial charge < -0.3 is 15.3 Å². The van der Waals surface area contributed by atoms with Crippen LogP contribution in [-0.2, 0) is 6.61 Å². The first-order chi connectivity index (χ1) is 8.38. The molecule has 1 aromatic heterocycles. The second-order valence-electron chi connectivity index (χ2n) is 4.30. The van der Waals surface area contributed by atoms with Crippen LogP contribution < -0.4 is 10.2 Å². The van der Waals surface area contributed by atoms with Gasteiger partial charge in [0.15, 0.2) is 0 Å². The number of nitrogens with zero attached hydrogens (tertiary/aromatic N) is 1. The molecule has 0 radical (unpaired) electrons. The van der Waals surface area contributed by atoms with Crippen LogP contribution in [0.5, 0.6) is 0 Å². The number of halogens is 1. The van der Waals surface area contributed by atoms with Gasteiger partial charge in [0.25, 0.3) is 0 Å². The Balaban J connectivity index is 0.00000120. The number of fused-ring (bicyclic) bond motifs is 1. The Hall–Kier alpha value is -0.810. The summed E-state index contributed by atoms with van der Waals surface area (Å²) in [5.41, 5.74) is 1.31. The highest BCUT2D eigenvalue weighted by Crippen LogP contribution is 2.33. The second-order valence-corrected chi connectivity index (χ2v) is 5.47. The molecular formula is C13H17ClN2OS. The molecule has 3 nitrogen and oxygen atoms in total. The third kappa shape index (κ3) is 2.47. The lowest BCUT2D eigenvalue weighted by atomic mass is 10.2. The molecule has 1 aromatic carbocycles. The number of hydrogen-bond acceptors (Lipinski definition) is 4. The number of benzene rings is 1. The maximum Gasteiger partial charge on any atom is 0.0774 e. The van der Waals surface area contributed by atoms with Crippen molar-refractivity contribution in [1.82, 2.24) is 5.32 Å². The van der Waals surface area contributed by atoms with Crippen molar-refractivity contribution >= 4 is 39.5 Å². The average Bonchev–Trinajstić information content (AvgIpc) is 2.82. The molecule has 0 amide bonds. The molecule has 0 aliphatic carbocycles. The van der Waals surface area contributed by atoms with Crippen molar-refractivity contribution in [2.45, 2.75) is 6.61 Å². The van der Waals surface area contributed by atoms with Gasteiger partial charge in [0.05, 0.1) is 6.61 Å². The smallest absolute Gasteiger partial charge is 0.0774 e. The number of hydrogen-bond donors (Lipinski definition) is 2. The molecule has 1 aliphatic rings. The number of rotatable bonds is 2. The van der Waals surface area contributed by atoms with Crippen molar-refractivity contribution < 1.29 is 5.11 Å². The summed E-state index contributed by atoms with van der Waals surface area (Å²) in [5, 5.41) is 13.9. The number of aliphatic hydroxyl groups is 1. The predicted molar refractivity (Wildman–Crippen MR) is 80.1 cm³/mol. The normalized spacial score (nSPS) is 15.7. The van der Waals surface area contributed by atoms with E-state index in [9.17, 15) is 5.11 Å². The standard InChI is InChI=1S/C13H16N2OS.ClH/c16-9-10-8-11-12(2-1-3-13(11)17-10)15-6-4-14-5-7-15;/h1-3,8,14,16H,4-7,9H2;1H. The molecule has 0 saturated carbocycles. The molecule has 98 valence electrons. The third-order valence-electron chi connectivity index (χ3n) is 3.20. The minimum Gasteiger partial charge on any atom is -0.391 e. The zero-order valence-electron chi connectivity index (χ0n) is 10.1. The van der Waals surface area contributed by atoms with Crippen molar-refractivity contribution in [2.75, 3.05) is 31.1 Å². The SMILES string of the molecule is Cl.OCc1cc2c(N3CCNCC3)cccc2s1. The van der Waals surface area contributed by atoms with Crippen molar-refractivity contribution in [3.8, 4) is 0 Å². The second kappa shape index (κ2) is 5.89. The van der Waals surface area contributed by atoms with E-state index in [4.69, 9.17) is 0 Å². The lowest BCUT2D eigenvalue weighted by molar-refractivity contribution is 0.285. The molecular weight excluding hydrogens is 268 g/mol. The Kier molecular flexibility index (Phi) is 4.45. The highest BCUT2D eigenvalue weighted by molar-refractivity contribution is 7.19. The average molecular weight is 285 g/mol. The maximum atomic E-state index is 9.23. The van der Waals surface area contributed by atoms with E-state index in [1.54, 1.807) is 11.3 Å². The maximum absolute atomic E-state index is 9.23. The number of nitrogens with one attached hydrogen (secondary N) is 1. The summed E-state index contributed by atoms with van der Waals surface area (Å²) >= 11 is 1.68.